The van der Waals surface area contributed by atoms with Crippen molar-refractivity contribution in [1.29, 1.82) is 0 Å². The molecule has 0 unspecified atom stereocenters. The Labute approximate surface area is 121 Å². The number of hydrogen-bond acceptors (Lipinski definition) is 3. The summed E-state index contributed by atoms with van der Waals surface area (Å²) in [5, 5.41) is 0. The number of hydrogen-bond donors (Lipinski definition) is 0. The van der Waals surface area contributed by atoms with Crippen molar-refractivity contribution >= 4 is 5.78 Å². The van der Waals surface area contributed by atoms with E-state index in [2.05, 4.69) is 38.1 Å². The molecule has 0 saturated carbocycles. The first-order chi connectivity index (χ1) is 9.57. The van der Waals surface area contributed by atoms with Crippen molar-refractivity contribution in [2.75, 3.05) is 20.3 Å². The van der Waals surface area contributed by atoms with Gasteiger partial charge in [0.2, 0.25) is 0 Å². The van der Waals surface area contributed by atoms with Gasteiger partial charge in [0.25, 0.3) is 0 Å². The van der Waals surface area contributed by atoms with Crippen LogP contribution in [-0.4, -0.2) is 31.7 Å². The molecule has 20 heavy (non-hydrogen) atoms. The molecule has 0 amide bonds. The van der Waals surface area contributed by atoms with E-state index < -0.39 is 5.60 Å². The molecule has 1 aromatic rings. The lowest BCUT2D eigenvalue weighted by molar-refractivity contribution is -0.151. The molecular weight excluding hydrogens is 252 g/mol. The van der Waals surface area contributed by atoms with Gasteiger partial charge < -0.3 is 9.47 Å². The quantitative estimate of drug-likeness (QED) is 0.829. The van der Waals surface area contributed by atoms with Gasteiger partial charge in [-0.25, -0.2) is 0 Å². The minimum absolute atomic E-state index is 0.167. The summed E-state index contributed by atoms with van der Waals surface area (Å²) < 4.78 is 10.9. The fourth-order valence-corrected chi connectivity index (χ4v) is 2.66. The van der Waals surface area contributed by atoms with Crippen LogP contribution in [0.25, 0.3) is 0 Å². The largest absolute Gasteiger partial charge is 0.381 e. The van der Waals surface area contributed by atoms with Crippen molar-refractivity contribution in [2.24, 2.45) is 0 Å². The summed E-state index contributed by atoms with van der Waals surface area (Å²) in [6.07, 6.45) is 1.75. The molecule has 0 radical (unpaired) electrons. The first-order valence-electron chi connectivity index (χ1n) is 7.32. The monoisotopic (exact) mass is 276 g/mol. The Morgan fingerprint density at radius 3 is 2.35 bits per heavy atom. The molecule has 1 aliphatic rings. The lowest BCUT2D eigenvalue weighted by Crippen LogP contribution is -2.46. The zero-order chi connectivity index (χ0) is 14.6. The van der Waals surface area contributed by atoms with Crippen molar-refractivity contribution in [2.45, 2.75) is 44.6 Å². The highest BCUT2D eigenvalue weighted by Gasteiger charge is 2.39. The Morgan fingerprint density at radius 1 is 1.25 bits per heavy atom. The molecular formula is C17H24O3. The lowest BCUT2D eigenvalue weighted by Gasteiger charge is -2.34. The molecule has 1 fully saturated rings. The Kier molecular flexibility index (Phi) is 4.95. The van der Waals surface area contributed by atoms with Gasteiger partial charge in [0.05, 0.1) is 0 Å². The van der Waals surface area contributed by atoms with Gasteiger partial charge in [0, 0.05) is 39.6 Å². The molecule has 1 saturated heterocycles. The zero-order valence-electron chi connectivity index (χ0n) is 12.6. The molecule has 3 nitrogen and oxygen atoms in total. The van der Waals surface area contributed by atoms with E-state index in [1.165, 1.54) is 5.56 Å². The number of ether oxygens (including phenoxy) is 2. The first kappa shape index (κ1) is 15.2. The third-order valence-electron chi connectivity index (χ3n) is 4.21. The van der Waals surface area contributed by atoms with Crippen LogP contribution in [-0.2, 0) is 20.7 Å². The maximum atomic E-state index is 12.6. The molecule has 0 N–H and O–H groups in total. The summed E-state index contributed by atoms with van der Waals surface area (Å²) in [5.41, 5.74) is 1.71. The van der Waals surface area contributed by atoms with Crippen molar-refractivity contribution < 1.29 is 14.3 Å². The molecule has 0 aliphatic carbocycles. The number of Topliss-reactive ketones (excluding diaryl/α,β-unsaturated/α-hetero) is 1. The molecule has 0 bridgehead atoms. The van der Waals surface area contributed by atoms with Gasteiger partial charge in [0.1, 0.15) is 5.60 Å². The topological polar surface area (TPSA) is 35.5 Å². The summed E-state index contributed by atoms with van der Waals surface area (Å²) in [5.74, 6) is 0.682. The SMILES string of the molecule is COC1(C(=O)Cc2ccc(C(C)C)cc2)CCOCC1. The minimum atomic E-state index is -0.644. The van der Waals surface area contributed by atoms with Gasteiger partial charge in [-0.05, 0) is 17.0 Å². The Hall–Kier alpha value is -1.19. The highest BCUT2D eigenvalue weighted by molar-refractivity contribution is 5.89. The van der Waals surface area contributed by atoms with Crippen LogP contribution in [0.5, 0.6) is 0 Å². The second-order valence-electron chi connectivity index (χ2n) is 5.81. The van der Waals surface area contributed by atoms with E-state index in [0.29, 0.717) is 38.4 Å². The van der Waals surface area contributed by atoms with Crippen LogP contribution < -0.4 is 0 Å². The van der Waals surface area contributed by atoms with E-state index in [1.807, 2.05) is 0 Å². The molecule has 2 rings (SSSR count). The molecule has 1 aromatic carbocycles. The predicted octanol–water partition coefficient (Wildman–Crippen LogP) is 3.12. The average Bonchev–Trinajstić information content (AvgIpc) is 2.48. The Bertz CT molecular complexity index is 442. The van der Waals surface area contributed by atoms with Crippen LogP contribution in [0.2, 0.25) is 0 Å². The van der Waals surface area contributed by atoms with Gasteiger partial charge in [-0.15, -0.1) is 0 Å². The molecule has 110 valence electrons. The Balaban J connectivity index is 2.06. The van der Waals surface area contributed by atoms with E-state index in [9.17, 15) is 4.79 Å². The molecule has 0 atom stereocenters. The van der Waals surface area contributed by atoms with E-state index in [1.54, 1.807) is 7.11 Å². The van der Waals surface area contributed by atoms with E-state index in [0.717, 1.165) is 5.56 Å². The van der Waals surface area contributed by atoms with Gasteiger partial charge in [0.15, 0.2) is 5.78 Å². The average molecular weight is 276 g/mol. The summed E-state index contributed by atoms with van der Waals surface area (Å²) in [7, 11) is 1.63. The van der Waals surface area contributed by atoms with Crippen molar-refractivity contribution in [3.8, 4) is 0 Å². The minimum Gasteiger partial charge on any atom is -0.381 e. The van der Waals surface area contributed by atoms with Gasteiger partial charge in [-0.1, -0.05) is 38.1 Å². The normalized spacial score (nSPS) is 18.2. The van der Waals surface area contributed by atoms with E-state index >= 15 is 0 Å². The first-order valence-corrected chi connectivity index (χ1v) is 7.32. The molecule has 1 heterocycles. The standard InChI is InChI=1S/C17H24O3/c1-13(2)15-6-4-14(5-7-15)12-16(18)17(19-3)8-10-20-11-9-17/h4-7,13H,8-12H2,1-3H3. The number of carbonyl (C=O) groups excluding carboxylic acids is 1. The summed E-state index contributed by atoms with van der Waals surface area (Å²) in [4.78, 5) is 12.6. The molecule has 3 heteroatoms. The second kappa shape index (κ2) is 6.51. The lowest BCUT2D eigenvalue weighted by atomic mass is 9.86. The highest BCUT2D eigenvalue weighted by Crippen LogP contribution is 2.27. The number of benzene rings is 1. The highest BCUT2D eigenvalue weighted by atomic mass is 16.5. The van der Waals surface area contributed by atoms with Crippen molar-refractivity contribution in [1.82, 2.24) is 0 Å². The fraction of sp³-hybridized carbons (Fsp3) is 0.588. The molecule has 0 spiro atoms. The maximum absolute atomic E-state index is 12.6. The van der Waals surface area contributed by atoms with E-state index in [4.69, 9.17) is 9.47 Å². The summed E-state index contributed by atoms with van der Waals surface area (Å²) in [6, 6.07) is 8.32. The third-order valence-corrected chi connectivity index (χ3v) is 4.21. The van der Waals surface area contributed by atoms with E-state index in [-0.39, 0.29) is 5.78 Å². The van der Waals surface area contributed by atoms with Crippen LogP contribution in [0.15, 0.2) is 24.3 Å². The van der Waals surface area contributed by atoms with Crippen molar-refractivity contribution in [3.63, 3.8) is 0 Å². The van der Waals surface area contributed by atoms with Crippen LogP contribution in [0.4, 0.5) is 0 Å². The number of rotatable bonds is 5. The number of carbonyl (C=O) groups is 1. The zero-order valence-corrected chi connectivity index (χ0v) is 12.6. The summed E-state index contributed by atoms with van der Waals surface area (Å²) >= 11 is 0. The van der Waals surface area contributed by atoms with Gasteiger partial charge >= 0.3 is 0 Å². The maximum Gasteiger partial charge on any atom is 0.169 e. The smallest absolute Gasteiger partial charge is 0.169 e. The van der Waals surface area contributed by atoms with Crippen LogP contribution in [0.3, 0.4) is 0 Å². The van der Waals surface area contributed by atoms with Gasteiger partial charge in [-0.2, -0.15) is 0 Å². The molecule has 1 aliphatic heterocycles. The molecule has 0 aromatic heterocycles. The van der Waals surface area contributed by atoms with Gasteiger partial charge in [-0.3, -0.25) is 4.79 Å². The summed E-state index contributed by atoms with van der Waals surface area (Å²) in [6.45, 7) is 5.54. The van der Waals surface area contributed by atoms with Crippen LogP contribution in [0.1, 0.15) is 43.7 Å². The fourth-order valence-electron chi connectivity index (χ4n) is 2.66. The van der Waals surface area contributed by atoms with Crippen molar-refractivity contribution in [3.05, 3.63) is 35.4 Å². The Morgan fingerprint density at radius 2 is 1.85 bits per heavy atom. The van der Waals surface area contributed by atoms with Crippen LogP contribution in [0, 0.1) is 0 Å². The second-order valence-corrected chi connectivity index (χ2v) is 5.81. The predicted molar refractivity (Wildman–Crippen MR) is 79.0 cm³/mol. The number of methoxy groups -OCH3 is 1. The number of ketones is 1. The van der Waals surface area contributed by atoms with Crippen LogP contribution >= 0.6 is 0 Å². The third kappa shape index (κ3) is 3.28.